The third-order valence-electron chi connectivity index (χ3n) is 3.22. The number of hydrogen-bond acceptors (Lipinski definition) is 3. The van der Waals surface area contributed by atoms with Gasteiger partial charge in [-0.3, -0.25) is 0 Å². The van der Waals surface area contributed by atoms with Gasteiger partial charge in [0.25, 0.3) is 0 Å². The summed E-state index contributed by atoms with van der Waals surface area (Å²) in [7, 11) is 3.72. The second-order valence-electron chi connectivity index (χ2n) is 4.55. The first-order valence-corrected chi connectivity index (χ1v) is 5.93. The van der Waals surface area contributed by atoms with Gasteiger partial charge < -0.3 is 15.0 Å². The van der Waals surface area contributed by atoms with Gasteiger partial charge in [-0.1, -0.05) is 0 Å². The van der Waals surface area contributed by atoms with Crippen LogP contribution in [-0.4, -0.2) is 45.2 Å². The van der Waals surface area contributed by atoms with Gasteiger partial charge in [0.15, 0.2) is 0 Å². The van der Waals surface area contributed by atoms with Crippen LogP contribution in [0, 0.1) is 5.82 Å². The molecular formula is C13H19FN2O. The minimum Gasteiger partial charge on any atom is -0.496 e. The Bertz CT molecular complexity index is 384. The van der Waals surface area contributed by atoms with Gasteiger partial charge in [-0.25, -0.2) is 4.39 Å². The fourth-order valence-corrected chi connectivity index (χ4v) is 2.31. The molecule has 1 aliphatic rings. The number of halogens is 1. The molecule has 0 saturated carbocycles. The minimum atomic E-state index is -0.201. The van der Waals surface area contributed by atoms with E-state index in [0.29, 0.717) is 0 Å². The number of nitrogens with zero attached hydrogens (tertiary/aromatic N) is 1. The molecule has 0 aromatic heterocycles. The standard InChI is InChI=1S/C13H19FN2O/c1-16-6-5-15-8-10(9-16)12-7-11(14)3-4-13(12)17-2/h3-4,7,10,15H,5-6,8-9H2,1-2H3. The molecule has 1 fully saturated rings. The Labute approximate surface area is 102 Å². The van der Waals surface area contributed by atoms with E-state index in [-0.39, 0.29) is 11.7 Å². The highest BCUT2D eigenvalue weighted by Crippen LogP contribution is 2.28. The van der Waals surface area contributed by atoms with Crippen LogP contribution in [0.3, 0.4) is 0 Å². The summed E-state index contributed by atoms with van der Waals surface area (Å²) in [4.78, 5) is 2.26. The van der Waals surface area contributed by atoms with Gasteiger partial charge >= 0.3 is 0 Å². The molecule has 1 N–H and O–H groups in total. The second kappa shape index (κ2) is 5.47. The van der Waals surface area contributed by atoms with E-state index in [1.54, 1.807) is 19.2 Å². The molecule has 0 bridgehead atoms. The molecule has 1 atom stereocenters. The van der Waals surface area contributed by atoms with Gasteiger partial charge in [0, 0.05) is 37.7 Å². The number of hydrogen-bond donors (Lipinski definition) is 1. The molecule has 0 aliphatic carbocycles. The summed E-state index contributed by atoms with van der Waals surface area (Å²) in [6, 6.07) is 4.73. The van der Waals surface area contributed by atoms with Gasteiger partial charge in [0.1, 0.15) is 11.6 Å². The number of benzene rings is 1. The minimum absolute atomic E-state index is 0.201. The molecule has 94 valence electrons. The van der Waals surface area contributed by atoms with Gasteiger partial charge in [-0.15, -0.1) is 0 Å². The smallest absolute Gasteiger partial charge is 0.123 e. The number of rotatable bonds is 2. The van der Waals surface area contributed by atoms with Crippen molar-refractivity contribution in [3.63, 3.8) is 0 Å². The van der Waals surface area contributed by atoms with Gasteiger partial charge in [-0.2, -0.15) is 0 Å². The van der Waals surface area contributed by atoms with E-state index >= 15 is 0 Å². The van der Waals surface area contributed by atoms with Gasteiger partial charge in [0.05, 0.1) is 7.11 Å². The summed E-state index contributed by atoms with van der Waals surface area (Å²) >= 11 is 0. The van der Waals surface area contributed by atoms with E-state index < -0.39 is 0 Å². The number of nitrogens with one attached hydrogen (secondary N) is 1. The van der Waals surface area contributed by atoms with Crippen LogP contribution in [0.1, 0.15) is 11.5 Å². The molecule has 4 heteroatoms. The van der Waals surface area contributed by atoms with Crippen molar-refractivity contribution in [1.82, 2.24) is 10.2 Å². The molecule has 1 aliphatic heterocycles. The Hall–Kier alpha value is -1.13. The maximum atomic E-state index is 13.3. The molecule has 1 aromatic carbocycles. The van der Waals surface area contributed by atoms with Crippen molar-refractivity contribution in [3.05, 3.63) is 29.6 Å². The first kappa shape index (κ1) is 12.3. The Morgan fingerprint density at radius 2 is 2.29 bits per heavy atom. The number of methoxy groups -OCH3 is 1. The third kappa shape index (κ3) is 2.96. The Kier molecular flexibility index (Phi) is 3.97. The monoisotopic (exact) mass is 238 g/mol. The van der Waals surface area contributed by atoms with Crippen LogP contribution in [0.4, 0.5) is 4.39 Å². The molecular weight excluding hydrogens is 219 g/mol. The van der Waals surface area contributed by atoms with Crippen molar-refractivity contribution in [2.45, 2.75) is 5.92 Å². The Morgan fingerprint density at radius 1 is 1.47 bits per heavy atom. The SMILES string of the molecule is COc1ccc(F)cc1C1CNCCN(C)C1. The Balaban J connectivity index is 2.27. The molecule has 1 saturated heterocycles. The largest absolute Gasteiger partial charge is 0.496 e. The molecule has 17 heavy (non-hydrogen) atoms. The average Bonchev–Trinajstić information content (AvgIpc) is 2.54. The molecule has 3 nitrogen and oxygen atoms in total. The summed E-state index contributed by atoms with van der Waals surface area (Å²) in [5.74, 6) is 0.842. The first-order chi connectivity index (χ1) is 8.20. The molecule has 2 rings (SSSR count). The van der Waals surface area contributed by atoms with E-state index in [4.69, 9.17) is 4.74 Å². The lowest BCUT2D eigenvalue weighted by atomic mass is 9.97. The van der Waals surface area contributed by atoms with Crippen molar-refractivity contribution in [2.24, 2.45) is 0 Å². The number of likely N-dealkylation sites (N-methyl/N-ethyl adjacent to an activating group) is 1. The van der Waals surface area contributed by atoms with E-state index in [1.807, 2.05) is 0 Å². The fraction of sp³-hybridized carbons (Fsp3) is 0.538. The van der Waals surface area contributed by atoms with Crippen LogP contribution in [0.2, 0.25) is 0 Å². The van der Waals surface area contributed by atoms with Gasteiger partial charge in [-0.05, 0) is 25.2 Å². The average molecular weight is 238 g/mol. The zero-order valence-electron chi connectivity index (χ0n) is 10.4. The molecule has 1 heterocycles. The normalized spacial score (nSPS) is 22.2. The molecule has 0 amide bonds. The highest BCUT2D eigenvalue weighted by molar-refractivity contribution is 5.37. The van der Waals surface area contributed by atoms with Crippen LogP contribution in [0.15, 0.2) is 18.2 Å². The van der Waals surface area contributed by atoms with Crippen LogP contribution in [-0.2, 0) is 0 Å². The Morgan fingerprint density at radius 3 is 3.06 bits per heavy atom. The van der Waals surface area contributed by atoms with Crippen molar-refractivity contribution >= 4 is 0 Å². The molecule has 0 radical (unpaired) electrons. The first-order valence-electron chi connectivity index (χ1n) is 5.93. The third-order valence-corrected chi connectivity index (χ3v) is 3.22. The lowest BCUT2D eigenvalue weighted by Gasteiger charge is -2.21. The van der Waals surface area contributed by atoms with Crippen LogP contribution in [0.25, 0.3) is 0 Å². The zero-order valence-corrected chi connectivity index (χ0v) is 10.4. The zero-order chi connectivity index (χ0) is 12.3. The summed E-state index contributed by atoms with van der Waals surface area (Å²) in [6.45, 7) is 3.79. The molecule has 1 unspecified atom stereocenters. The van der Waals surface area contributed by atoms with Crippen LogP contribution < -0.4 is 10.1 Å². The van der Waals surface area contributed by atoms with Crippen LogP contribution >= 0.6 is 0 Å². The second-order valence-corrected chi connectivity index (χ2v) is 4.55. The van der Waals surface area contributed by atoms with Crippen molar-refractivity contribution in [2.75, 3.05) is 40.3 Å². The van der Waals surface area contributed by atoms with Crippen molar-refractivity contribution in [3.8, 4) is 5.75 Å². The molecule has 0 spiro atoms. The predicted molar refractivity (Wildman–Crippen MR) is 66.1 cm³/mol. The highest BCUT2D eigenvalue weighted by Gasteiger charge is 2.20. The van der Waals surface area contributed by atoms with Crippen LogP contribution in [0.5, 0.6) is 5.75 Å². The maximum absolute atomic E-state index is 13.3. The highest BCUT2D eigenvalue weighted by atomic mass is 19.1. The van der Waals surface area contributed by atoms with E-state index in [1.165, 1.54) is 6.07 Å². The van der Waals surface area contributed by atoms with Crippen molar-refractivity contribution in [1.29, 1.82) is 0 Å². The lowest BCUT2D eigenvalue weighted by Crippen LogP contribution is -2.25. The van der Waals surface area contributed by atoms with Gasteiger partial charge in [0.2, 0.25) is 0 Å². The van der Waals surface area contributed by atoms with Crippen molar-refractivity contribution < 1.29 is 9.13 Å². The summed E-state index contributed by atoms with van der Waals surface area (Å²) in [5, 5.41) is 3.38. The summed E-state index contributed by atoms with van der Waals surface area (Å²) in [6.07, 6.45) is 0. The van der Waals surface area contributed by atoms with E-state index in [0.717, 1.165) is 37.5 Å². The summed E-state index contributed by atoms with van der Waals surface area (Å²) in [5.41, 5.74) is 0.953. The van der Waals surface area contributed by atoms with E-state index in [2.05, 4.69) is 17.3 Å². The fourth-order valence-electron chi connectivity index (χ4n) is 2.31. The molecule has 1 aromatic rings. The lowest BCUT2D eigenvalue weighted by molar-refractivity contribution is 0.336. The summed E-state index contributed by atoms with van der Waals surface area (Å²) < 4.78 is 18.7. The predicted octanol–water partition coefficient (Wildman–Crippen LogP) is 1.45. The quantitative estimate of drug-likeness (QED) is 0.844. The maximum Gasteiger partial charge on any atom is 0.123 e. The number of ether oxygens (including phenoxy) is 1. The van der Waals surface area contributed by atoms with E-state index in [9.17, 15) is 4.39 Å². The topological polar surface area (TPSA) is 24.5 Å².